The minimum Gasteiger partial charge on any atom is -0.379 e. The van der Waals surface area contributed by atoms with Gasteiger partial charge < -0.3 is 15.0 Å². The van der Waals surface area contributed by atoms with Gasteiger partial charge in [-0.3, -0.25) is 4.79 Å². The predicted molar refractivity (Wildman–Crippen MR) is 133 cm³/mol. The molecule has 2 saturated heterocycles. The number of nitrogens with zero attached hydrogens (tertiary/aromatic N) is 2. The second-order valence-corrected chi connectivity index (χ2v) is 11.6. The van der Waals surface area contributed by atoms with E-state index in [2.05, 4.69) is 24.1 Å². The highest BCUT2D eigenvalue weighted by molar-refractivity contribution is 7.89. The summed E-state index contributed by atoms with van der Waals surface area (Å²) in [5.74, 6) is -0.182. The summed E-state index contributed by atoms with van der Waals surface area (Å²) in [6.45, 7) is 7.52. The molecule has 0 saturated carbocycles. The van der Waals surface area contributed by atoms with Gasteiger partial charge in [0.15, 0.2) is 0 Å². The monoisotopic (exact) mass is 491 g/mol. The molecule has 0 aliphatic carbocycles. The molecule has 0 unspecified atom stereocenters. The first-order chi connectivity index (χ1) is 15.9. The van der Waals surface area contributed by atoms with Crippen molar-refractivity contribution >= 4 is 38.6 Å². The smallest absolute Gasteiger partial charge is 0.265 e. The van der Waals surface area contributed by atoms with Gasteiger partial charge in [0.05, 0.1) is 34.4 Å². The Bertz CT molecular complexity index is 1090. The highest BCUT2D eigenvalue weighted by atomic mass is 32.2. The fourth-order valence-corrected chi connectivity index (χ4v) is 7.13. The Morgan fingerprint density at radius 2 is 1.82 bits per heavy atom. The Labute approximate surface area is 200 Å². The van der Waals surface area contributed by atoms with Crippen LogP contribution in [0.3, 0.4) is 0 Å². The maximum absolute atomic E-state index is 13.2. The van der Waals surface area contributed by atoms with Gasteiger partial charge in [-0.1, -0.05) is 20.3 Å². The summed E-state index contributed by atoms with van der Waals surface area (Å²) >= 11 is 1.54. The average Bonchev–Trinajstić information content (AvgIpc) is 3.50. The van der Waals surface area contributed by atoms with E-state index in [1.165, 1.54) is 14.7 Å². The highest BCUT2D eigenvalue weighted by Crippen LogP contribution is 2.34. The van der Waals surface area contributed by atoms with Gasteiger partial charge in [0.25, 0.3) is 5.91 Å². The molecule has 3 heterocycles. The summed E-state index contributed by atoms with van der Waals surface area (Å²) in [5, 5.41) is 3.05. The van der Waals surface area contributed by atoms with Crippen LogP contribution >= 0.6 is 11.3 Å². The summed E-state index contributed by atoms with van der Waals surface area (Å²) < 4.78 is 33.2. The van der Waals surface area contributed by atoms with E-state index >= 15 is 0 Å². The molecule has 0 spiro atoms. The zero-order valence-corrected chi connectivity index (χ0v) is 21.1. The van der Waals surface area contributed by atoms with Crippen molar-refractivity contribution in [1.29, 1.82) is 0 Å². The molecule has 1 aromatic heterocycles. The fourth-order valence-electron chi connectivity index (χ4n) is 4.45. The van der Waals surface area contributed by atoms with E-state index in [-0.39, 0.29) is 10.8 Å². The number of rotatable bonds is 8. The largest absolute Gasteiger partial charge is 0.379 e. The molecular formula is C24H33N3O4S2. The van der Waals surface area contributed by atoms with Crippen molar-refractivity contribution in [2.24, 2.45) is 0 Å². The van der Waals surface area contributed by atoms with Gasteiger partial charge in [-0.15, -0.1) is 11.3 Å². The number of carbonyl (C=O) groups excluding carboxylic acids is 1. The molecule has 0 radical (unpaired) electrons. The second-order valence-electron chi connectivity index (χ2n) is 8.51. The van der Waals surface area contributed by atoms with Gasteiger partial charge >= 0.3 is 0 Å². The van der Waals surface area contributed by atoms with Crippen LogP contribution in [0.2, 0.25) is 0 Å². The molecule has 7 nitrogen and oxygen atoms in total. The van der Waals surface area contributed by atoms with Crippen molar-refractivity contribution in [1.82, 2.24) is 4.31 Å². The first-order valence-corrected chi connectivity index (χ1v) is 14.1. The summed E-state index contributed by atoms with van der Waals surface area (Å²) in [6, 6.07) is 7.10. The summed E-state index contributed by atoms with van der Waals surface area (Å²) in [6.07, 6.45) is 5.08. The van der Waals surface area contributed by atoms with Gasteiger partial charge in [-0.2, -0.15) is 4.31 Å². The van der Waals surface area contributed by atoms with E-state index in [1.807, 2.05) is 12.1 Å². The average molecular weight is 492 g/mol. The van der Waals surface area contributed by atoms with Crippen molar-refractivity contribution in [2.45, 2.75) is 50.8 Å². The zero-order valence-electron chi connectivity index (χ0n) is 19.4. The van der Waals surface area contributed by atoms with E-state index in [0.717, 1.165) is 50.9 Å². The molecule has 33 heavy (non-hydrogen) atoms. The van der Waals surface area contributed by atoms with E-state index in [9.17, 15) is 13.2 Å². The number of hydrogen-bond acceptors (Lipinski definition) is 6. The standard InChI is InChI=1S/C24H33N3O4S2/c1-3-7-22-18(4-2)16-23(32-22)24(28)25-20-17-19(8-9-21(20)26-10-5-6-11-26)33(29,30)27-12-14-31-15-13-27/h8-9,16-17H,3-7,10-15H2,1-2H3,(H,25,28). The minimum absolute atomic E-state index is 0.182. The van der Waals surface area contributed by atoms with Crippen LogP contribution in [0.25, 0.3) is 0 Å². The first-order valence-electron chi connectivity index (χ1n) is 11.8. The third kappa shape index (κ3) is 5.26. The Hall–Kier alpha value is -1.94. The minimum atomic E-state index is -3.65. The number of benzene rings is 1. The Morgan fingerprint density at radius 3 is 2.48 bits per heavy atom. The molecule has 1 N–H and O–H groups in total. The maximum Gasteiger partial charge on any atom is 0.265 e. The zero-order chi connectivity index (χ0) is 23.4. The number of carbonyl (C=O) groups is 1. The molecule has 9 heteroatoms. The lowest BCUT2D eigenvalue weighted by Crippen LogP contribution is -2.40. The highest BCUT2D eigenvalue weighted by Gasteiger charge is 2.28. The number of sulfonamides is 1. The number of ether oxygens (including phenoxy) is 1. The third-order valence-electron chi connectivity index (χ3n) is 6.25. The molecule has 1 amide bonds. The second kappa shape index (κ2) is 10.5. The van der Waals surface area contributed by atoms with Crippen molar-refractivity contribution < 1.29 is 17.9 Å². The Kier molecular flexibility index (Phi) is 7.73. The van der Waals surface area contributed by atoms with Crippen LogP contribution in [0.4, 0.5) is 11.4 Å². The number of nitrogens with one attached hydrogen (secondary N) is 1. The van der Waals surface area contributed by atoms with Crippen molar-refractivity contribution in [3.8, 4) is 0 Å². The van der Waals surface area contributed by atoms with Crippen molar-refractivity contribution in [2.75, 3.05) is 49.6 Å². The molecule has 2 aliphatic rings. The number of anilines is 2. The number of thiophene rings is 1. The Morgan fingerprint density at radius 1 is 1.09 bits per heavy atom. The van der Waals surface area contributed by atoms with Gasteiger partial charge in [-0.05, 0) is 55.5 Å². The van der Waals surface area contributed by atoms with E-state index in [4.69, 9.17) is 4.74 Å². The van der Waals surface area contributed by atoms with Gasteiger partial charge in [0.2, 0.25) is 10.0 Å². The summed E-state index contributed by atoms with van der Waals surface area (Å²) in [4.78, 5) is 17.6. The lowest BCUT2D eigenvalue weighted by atomic mass is 10.1. The molecule has 180 valence electrons. The molecule has 4 rings (SSSR count). The summed E-state index contributed by atoms with van der Waals surface area (Å²) in [7, 11) is -3.65. The fraction of sp³-hybridized carbons (Fsp3) is 0.542. The van der Waals surface area contributed by atoms with Crippen LogP contribution in [0, 0.1) is 0 Å². The van der Waals surface area contributed by atoms with Gasteiger partial charge in [-0.25, -0.2) is 8.42 Å². The first kappa shape index (κ1) is 24.2. The van der Waals surface area contributed by atoms with Gasteiger partial charge in [0.1, 0.15) is 0 Å². The van der Waals surface area contributed by atoms with E-state index in [0.29, 0.717) is 36.9 Å². The van der Waals surface area contributed by atoms with Crippen LogP contribution in [-0.4, -0.2) is 58.0 Å². The Balaban J connectivity index is 1.66. The van der Waals surface area contributed by atoms with E-state index < -0.39 is 10.0 Å². The van der Waals surface area contributed by atoms with Crippen LogP contribution < -0.4 is 10.2 Å². The third-order valence-corrected chi connectivity index (χ3v) is 9.38. The lowest BCUT2D eigenvalue weighted by Gasteiger charge is -2.27. The molecule has 1 aromatic carbocycles. The van der Waals surface area contributed by atoms with Crippen molar-refractivity contribution in [3.05, 3.63) is 39.6 Å². The number of aryl methyl sites for hydroxylation is 2. The topological polar surface area (TPSA) is 79.0 Å². The molecule has 2 aliphatic heterocycles. The molecule has 2 fully saturated rings. The molecule has 2 aromatic rings. The number of morpholine rings is 1. The predicted octanol–water partition coefficient (Wildman–Crippen LogP) is 4.14. The maximum atomic E-state index is 13.2. The number of hydrogen-bond donors (Lipinski definition) is 1. The quantitative estimate of drug-likeness (QED) is 0.601. The molecule has 0 bridgehead atoms. The van der Waals surface area contributed by atoms with Crippen LogP contribution in [-0.2, 0) is 27.6 Å². The van der Waals surface area contributed by atoms with Crippen LogP contribution in [0.15, 0.2) is 29.2 Å². The van der Waals surface area contributed by atoms with Crippen LogP contribution in [0.5, 0.6) is 0 Å². The number of amides is 1. The summed E-state index contributed by atoms with van der Waals surface area (Å²) in [5.41, 5.74) is 2.65. The van der Waals surface area contributed by atoms with Crippen LogP contribution in [0.1, 0.15) is 53.2 Å². The lowest BCUT2D eigenvalue weighted by molar-refractivity contribution is 0.0730. The molecule has 0 atom stereocenters. The normalized spacial score (nSPS) is 17.5. The molecular weight excluding hydrogens is 458 g/mol. The SMILES string of the molecule is CCCc1sc(C(=O)Nc2cc(S(=O)(=O)N3CCOCC3)ccc2N2CCCC2)cc1CC. The van der Waals surface area contributed by atoms with Crippen molar-refractivity contribution in [3.63, 3.8) is 0 Å². The van der Waals surface area contributed by atoms with E-state index in [1.54, 1.807) is 23.5 Å². The van der Waals surface area contributed by atoms with Gasteiger partial charge in [0, 0.05) is 31.1 Å².